The monoisotopic (exact) mass is 522 g/mol. The van der Waals surface area contributed by atoms with E-state index in [0.29, 0.717) is 32.0 Å². The molecule has 0 aromatic heterocycles. The summed E-state index contributed by atoms with van der Waals surface area (Å²) in [7, 11) is 0. The Morgan fingerprint density at radius 1 is 1.03 bits per heavy atom. The highest BCUT2D eigenvalue weighted by atomic mass is 16.5. The molecule has 9 nitrogen and oxygen atoms in total. The molecule has 1 saturated carbocycles. The molecule has 38 heavy (non-hydrogen) atoms. The second-order valence-electron chi connectivity index (χ2n) is 11.4. The van der Waals surface area contributed by atoms with Gasteiger partial charge in [-0.25, -0.2) is 0 Å². The molecule has 3 amide bonds. The fraction of sp³-hybridized carbons (Fsp3) is 0.621. The predicted molar refractivity (Wildman–Crippen MR) is 141 cm³/mol. The number of anilines is 1. The number of morpholine rings is 1. The molecule has 204 valence electrons. The van der Waals surface area contributed by atoms with Crippen molar-refractivity contribution in [2.24, 2.45) is 11.8 Å². The van der Waals surface area contributed by atoms with E-state index >= 15 is 0 Å². The second kappa shape index (κ2) is 10.4. The van der Waals surface area contributed by atoms with Crippen molar-refractivity contribution in [3.8, 4) is 0 Å². The van der Waals surface area contributed by atoms with Crippen LogP contribution in [-0.4, -0.2) is 90.7 Å². The SMILES string of the molecule is Cc1ccc(NC(=O)C2[C@H]3C=CC4(O3)C(C(=O)NC3CCCCC3)N(CCN3CCOCC3)C(=O)[C@@H]24)cc1. The minimum absolute atomic E-state index is 0.117. The normalized spacial score (nSPS) is 33.0. The van der Waals surface area contributed by atoms with E-state index in [1.54, 1.807) is 4.90 Å². The summed E-state index contributed by atoms with van der Waals surface area (Å²) in [6.45, 7) is 5.99. The summed E-state index contributed by atoms with van der Waals surface area (Å²) in [4.78, 5) is 45.5. The molecule has 1 spiro atoms. The standard InChI is InChI=1S/C29H38N4O5/c1-19-7-9-21(10-8-19)30-26(34)23-22-11-12-29(38-22)24(23)28(36)33(14-13-32-15-17-37-18-16-32)25(29)27(35)31-20-5-3-2-4-6-20/h7-12,20,22-25H,2-6,13-18H2,1H3,(H,30,34)(H,31,35)/t22-,23?,24-,25?,29?/m1/s1. The van der Waals surface area contributed by atoms with Gasteiger partial charge in [-0.2, -0.15) is 0 Å². The van der Waals surface area contributed by atoms with Crippen molar-refractivity contribution in [1.82, 2.24) is 15.1 Å². The molecule has 1 aliphatic carbocycles. The molecule has 9 heteroatoms. The van der Waals surface area contributed by atoms with Crippen LogP contribution in [0.25, 0.3) is 0 Å². The Labute approximate surface area is 223 Å². The number of rotatable bonds is 7. The zero-order valence-electron chi connectivity index (χ0n) is 22.1. The number of fused-ring (bicyclic) bond motifs is 1. The van der Waals surface area contributed by atoms with E-state index in [4.69, 9.17) is 9.47 Å². The number of likely N-dealkylation sites (tertiary alicyclic amines) is 1. The first kappa shape index (κ1) is 25.5. The third-order valence-electron chi connectivity index (χ3n) is 8.96. The van der Waals surface area contributed by atoms with Crippen LogP contribution in [0.3, 0.4) is 0 Å². The van der Waals surface area contributed by atoms with E-state index in [1.807, 2.05) is 43.3 Å². The van der Waals surface area contributed by atoms with Crippen molar-refractivity contribution in [2.45, 2.75) is 62.8 Å². The van der Waals surface area contributed by atoms with E-state index in [0.717, 1.165) is 44.3 Å². The van der Waals surface area contributed by atoms with Crippen LogP contribution in [0.4, 0.5) is 5.69 Å². The number of benzene rings is 1. The predicted octanol–water partition coefficient (Wildman–Crippen LogP) is 1.87. The number of carbonyl (C=O) groups excluding carboxylic acids is 3. The second-order valence-corrected chi connectivity index (χ2v) is 11.4. The minimum atomic E-state index is -1.12. The first-order valence-electron chi connectivity index (χ1n) is 14.1. The highest BCUT2D eigenvalue weighted by Crippen LogP contribution is 2.55. The van der Waals surface area contributed by atoms with Crippen LogP contribution < -0.4 is 10.6 Å². The number of hydrogen-bond acceptors (Lipinski definition) is 6. The molecule has 1 aromatic rings. The van der Waals surface area contributed by atoms with Gasteiger partial charge in [-0.3, -0.25) is 19.3 Å². The molecule has 2 N–H and O–H groups in total. The quantitative estimate of drug-likeness (QED) is 0.531. The van der Waals surface area contributed by atoms with Crippen LogP contribution in [0.1, 0.15) is 37.7 Å². The van der Waals surface area contributed by atoms with E-state index in [-0.39, 0.29) is 23.8 Å². The van der Waals surface area contributed by atoms with Crippen LogP contribution in [-0.2, 0) is 23.9 Å². The van der Waals surface area contributed by atoms with Gasteiger partial charge >= 0.3 is 0 Å². The van der Waals surface area contributed by atoms with Crippen LogP contribution in [0.2, 0.25) is 0 Å². The van der Waals surface area contributed by atoms with Crippen molar-refractivity contribution in [2.75, 3.05) is 44.7 Å². The highest BCUT2D eigenvalue weighted by molar-refractivity contribution is 6.02. The molecule has 3 saturated heterocycles. The average Bonchev–Trinajstić information content (AvgIpc) is 3.57. The lowest BCUT2D eigenvalue weighted by atomic mass is 9.74. The van der Waals surface area contributed by atoms with Crippen LogP contribution >= 0.6 is 0 Å². The maximum atomic E-state index is 14.1. The molecule has 2 bridgehead atoms. The molecule has 5 aliphatic rings. The van der Waals surface area contributed by atoms with Gasteiger partial charge in [-0.1, -0.05) is 49.1 Å². The first-order chi connectivity index (χ1) is 18.5. The number of hydrogen-bond donors (Lipinski definition) is 2. The Hall–Kier alpha value is -2.75. The molecular weight excluding hydrogens is 484 g/mol. The first-order valence-corrected chi connectivity index (χ1v) is 14.1. The number of nitrogens with one attached hydrogen (secondary N) is 2. The third kappa shape index (κ3) is 4.54. The molecule has 0 radical (unpaired) electrons. The van der Waals surface area contributed by atoms with Gasteiger partial charge in [0.15, 0.2) is 0 Å². The number of nitrogens with zero attached hydrogens (tertiary/aromatic N) is 2. The lowest BCUT2D eigenvalue weighted by Gasteiger charge is -2.35. The van der Waals surface area contributed by atoms with Crippen molar-refractivity contribution < 1.29 is 23.9 Å². The maximum Gasteiger partial charge on any atom is 0.246 e. The molecule has 5 atom stereocenters. The van der Waals surface area contributed by atoms with Crippen molar-refractivity contribution in [3.63, 3.8) is 0 Å². The molecule has 4 heterocycles. The minimum Gasteiger partial charge on any atom is -0.379 e. The summed E-state index contributed by atoms with van der Waals surface area (Å²) < 4.78 is 11.9. The van der Waals surface area contributed by atoms with E-state index in [9.17, 15) is 14.4 Å². The summed E-state index contributed by atoms with van der Waals surface area (Å²) in [5.74, 6) is -2.00. The van der Waals surface area contributed by atoms with E-state index in [2.05, 4.69) is 15.5 Å². The number of carbonyl (C=O) groups is 3. The maximum absolute atomic E-state index is 14.1. The Kier molecular flexibility index (Phi) is 7.01. The Bertz CT molecular complexity index is 1090. The number of ether oxygens (including phenoxy) is 2. The summed E-state index contributed by atoms with van der Waals surface area (Å²) in [6, 6.07) is 6.92. The van der Waals surface area contributed by atoms with Crippen LogP contribution in [0.5, 0.6) is 0 Å². The lowest BCUT2D eigenvalue weighted by Crippen LogP contribution is -2.57. The van der Waals surface area contributed by atoms with Crippen molar-refractivity contribution >= 4 is 23.4 Å². The Morgan fingerprint density at radius 2 is 1.76 bits per heavy atom. The fourth-order valence-electron chi connectivity index (χ4n) is 6.97. The summed E-state index contributed by atoms with van der Waals surface area (Å²) in [5.41, 5.74) is 0.658. The zero-order valence-corrected chi connectivity index (χ0v) is 22.1. The summed E-state index contributed by atoms with van der Waals surface area (Å²) >= 11 is 0. The van der Waals surface area contributed by atoms with Gasteiger partial charge in [0.1, 0.15) is 11.6 Å². The molecule has 4 aliphatic heterocycles. The largest absolute Gasteiger partial charge is 0.379 e. The van der Waals surface area contributed by atoms with Gasteiger partial charge in [-0.15, -0.1) is 0 Å². The average molecular weight is 523 g/mol. The molecule has 3 unspecified atom stereocenters. The Balaban J connectivity index is 1.26. The smallest absolute Gasteiger partial charge is 0.246 e. The Morgan fingerprint density at radius 3 is 2.50 bits per heavy atom. The van der Waals surface area contributed by atoms with Gasteiger partial charge in [0.2, 0.25) is 17.7 Å². The topological polar surface area (TPSA) is 100 Å². The molecule has 1 aromatic carbocycles. The molecular formula is C29H38N4O5. The van der Waals surface area contributed by atoms with Gasteiger partial charge in [-0.05, 0) is 31.9 Å². The van der Waals surface area contributed by atoms with Gasteiger partial charge in [0.05, 0.1) is 31.2 Å². The lowest BCUT2D eigenvalue weighted by molar-refractivity contribution is -0.141. The third-order valence-corrected chi connectivity index (χ3v) is 8.96. The molecule has 4 fully saturated rings. The highest BCUT2D eigenvalue weighted by Gasteiger charge is 2.72. The number of aryl methyl sites for hydroxylation is 1. The van der Waals surface area contributed by atoms with E-state index in [1.165, 1.54) is 6.42 Å². The van der Waals surface area contributed by atoms with Gasteiger partial charge < -0.3 is 25.0 Å². The molecule has 6 rings (SSSR count). The van der Waals surface area contributed by atoms with Gasteiger partial charge in [0, 0.05) is 37.9 Å². The van der Waals surface area contributed by atoms with Crippen LogP contribution in [0, 0.1) is 18.8 Å². The van der Waals surface area contributed by atoms with E-state index < -0.39 is 29.6 Å². The van der Waals surface area contributed by atoms with Crippen molar-refractivity contribution in [3.05, 3.63) is 42.0 Å². The number of amides is 3. The van der Waals surface area contributed by atoms with Gasteiger partial charge in [0.25, 0.3) is 0 Å². The van der Waals surface area contributed by atoms with Crippen molar-refractivity contribution in [1.29, 1.82) is 0 Å². The van der Waals surface area contributed by atoms with Crippen LogP contribution in [0.15, 0.2) is 36.4 Å². The summed E-state index contributed by atoms with van der Waals surface area (Å²) in [6.07, 6.45) is 8.53. The fourth-order valence-corrected chi connectivity index (χ4v) is 6.97. The summed E-state index contributed by atoms with van der Waals surface area (Å²) in [5, 5.41) is 6.24. The zero-order chi connectivity index (χ0) is 26.3.